The van der Waals surface area contributed by atoms with E-state index in [0.717, 1.165) is 22.2 Å². The normalized spacial score (nSPS) is 17.6. The van der Waals surface area contributed by atoms with Crippen molar-refractivity contribution >= 4 is 69.5 Å². The van der Waals surface area contributed by atoms with E-state index in [2.05, 4.69) is 20.9 Å². The lowest BCUT2D eigenvalue weighted by atomic mass is 9.78. The van der Waals surface area contributed by atoms with Crippen LogP contribution in [0.1, 0.15) is 50.9 Å². The van der Waals surface area contributed by atoms with Crippen molar-refractivity contribution in [3.8, 4) is 0 Å². The zero-order valence-corrected chi connectivity index (χ0v) is 27.1. The topological polar surface area (TPSA) is 155 Å². The maximum atomic E-state index is 14.1. The number of alkyl carbamates (subject to hydrolysis) is 1. The molecule has 4 amide bonds. The van der Waals surface area contributed by atoms with Gasteiger partial charge in [0.05, 0.1) is 10.5 Å². The number of fused-ring (bicyclic) bond motifs is 3. The van der Waals surface area contributed by atoms with Gasteiger partial charge < -0.3 is 31.4 Å². The summed E-state index contributed by atoms with van der Waals surface area (Å²) in [5.41, 5.74) is 7.14. The van der Waals surface area contributed by atoms with Crippen LogP contribution in [-0.2, 0) is 38.6 Å². The highest BCUT2D eigenvalue weighted by Crippen LogP contribution is 2.38. The van der Waals surface area contributed by atoms with Crippen LogP contribution in [0.3, 0.4) is 0 Å². The summed E-state index contributed by atoms with van der Waals surface area (Å²) >= 11 is 18.7. The second-order valence-corrected chi connectivity index (χ2v) is 13.1. The first-order valence-corrected chi connectivity index (χ1v) is 15.4. The summed E-state index contributed by atoms with van der Waals surface area (Å²) in [5, 5.41) is 10.5. The third-order valence-corrected chi connectivity index (χ3v) is 8.63. The molecule has 0 aliphatic heterocycles. The second kappa shape index (κ2) is 13.7. The van der Waals surface area contributed by atoms with Gasteiger partial charge in [0.25, 0.3) is 0 Å². The Morgan fingerprint density at radius 3 is 2.23 bits per heavy atom. The van der Waals surface area contributed by atoms with Crippen LogP contribution < -0.4 is 21.7 Å². The highest BCUT2D eigenvalue weighted by molar-refractivity contribution is 6.38. The van der Waals surface area contributed by atoms with Gasteiger partial charge in [-0.15, -0.1) is 0 Å². The molecule has 10 nitrogen and oxygen atoms in total. The Labute approximate surface area is 270 Å². The van der Waals surface area contributed by atoms with Gasteiger partial charge in [-0.05, 0) is 60.1 Å². The molecule has 236 valence electrons. The third kappa shape index (κ3) is 7.42. The Hall–Kier alpha value is -3.47. The van der Waals surface area contributed by atoms with E-state index < -0.39 is 41.4 Å². The van der Waals surface area contributed by atoms with Crippen molar-refractivity contribution in [3.05, 3.63) is 68.3 Å². The number of hydrogen-bond acceptors (Lipinski definition) is 5. The van der Waals surface area contributed by atoms with Crippen LogP contribution in [0.4, 0.5) is 4.79 Å². The van der Waals surface area contributed by atoms with E-state index in [1.165, 1.54) is 0 Å². The fraction of sp³-hybridized carbons (Fsp3) is 0.419. The lowest BCUT2D eigenvalue weighted by Gasteiger charge is -2.39. The monoisotopic (exact) mass is 663 g/mol. The predicted molar refractivity (Wildman–Crippen MR) is 171 cm³/mol. The largest absolute Gasteiger partial charge is 0.445 e. The maximum absolute atomic E-state index is 14.1. The van der Waals surface area contributed by atoms with Crippen LogP contribution in [-0.4, -0.2) is 46.4 Å². The van der Waals surface area contributed by atoms with Crippen molar-refractivity contribution in [2.75, 3.05) is 0 Å². The summed E-state index contributed by atoms with van der Waals surface area (Å²) in [6.07, 6.45) is -0.137. The SMILES string of the molecule is CC(C)[C@H](NC(=O)[C@@]1(NC(=O)[C@@H](NC(=O)OCc2ccc(Cl)cc2)C(C)C)CCc2[nH]c3c(Cl)cc(Cl)cc3c2C1)C(N)=O. The summed E-state index contributed by atoms with van der Waals surface area (Å²) in [6, 6.07) is 8.19. The molecule has 0 fully saturated rings. The number of benzene rings is 2. The van der Waals surface area contributed by atoms with E-state index in [9.17, 15) is 19.2 Å². The smallest absolute Gasteiger partial charge is 0.408 e. The maximum Gasteiger partial charge on any atom is 0.408 e. The summed E-state index contributed by atoms with van der Waals surface area (Å²) in [4.78, 5) is 56.2. The van der Waals surface area contributed by atoms with Gasteiger partial charge in [0.15, 0.2) is 0 Å². The van der Waals surface area contributed by atoms with Crippen molar-refractivity contribution < 1.29 is 23.9 Å². The Morgan fingerprint density at radius 2 is 1.61 bits per heavy atom. The van der Waals surface area contributed by atoms with E-state index in [0.29, 0.717) is 27.0 Å². The number of rotatable bonds is 10. The molecular formula is C31H36Cl3N5O5. The zero-order chi connectivity index (χ0) is 32.3. The Kier molecular flexibility index (Phi) is 10.4. The molecule has 1 aliphatic rings. The molecular weight excluding hydrogens is 629 g/mol. The van der Waals surface area contributed by atoms with E-state index in [-0.39, 0.29) is 31.3 Å². The number of aryl methyl sites for hydroxylation is 1. The zero-order valence-electron chi connectivity index (χ0n) is 24.9. The van der Waals surface area contributed by atoms with Crippen LogP contribution in [0.15, 0.2) is 36.4 Å². The van der Waals surface area contributed by atoms with Crippen LogP contribution in [0.2, 0.25) is 15.1 Å². The molecule has 0 saturated carbocycles. The molecule has 0 saturated heterocycles. The molecule has 0 unspecified atom stereocenters. The van der Waals surface area contributed by atoms with E-state index in [1.807, 2.05) is 0 Å². The summed E-state index contributed by atoms with van der Waals surface area (Å²) < 4.78 is 5.34. The number of H-pyrrole nitrogens is 1. The van der Waals surface area contributed by atoms with Gasteiger partial charge in [-0.25, -0.2) is 4.79 Å². The molecule has 13 heteroatoms. The van der Waals surface area contributed by atoms with E-state index in [1.54, 1.807) is 64.1 Å². The highest BCUT2D eigenvalue weighted by atomic mass is 35.5. The lowest BCUT2D eigenvalue weighted by Crippen LogP contribution is -2.67. The highest BCUT2D eigenvalue weighted by Gasteiger charge is 2.46. The minimum absolute atomic E-state index is 0.0278. The fourth-order valence-electron chi connectivity index (χ4n) is 5.42. The van der Waals surface area contributed by atoms with Crippen molar-refractivity contribution in [1.29, 1.82) is 0 Å². The van der Waals surface area contributed by atoms with Crippen LogP contribution in [0, 0.1) is 11.8 Å². The Balaban J connectivity index is 1.62. The van der Waals surface area contributed by atoms with Crippen LogP contribution in [0.25, 0.3) is 10.9 Å². The van der Waals surface area contributed by atoms with Crippen molar-refractivity contribution in [1.82, 2.24) is 20.9 Å². The van der Waals surface area contributed by atoms with Gasteiger partial charge in [-0.1, -0.05) is 74.6 Å². The lowest BCUT2D eigenvalue weighted by molar-refractivity contribution is -0.137. The number of aromatic amines is 1. The predicted octanol–water partition coefficient (Wildman–Crippen LogP) is 5.05. The van der Waals surface area contributed by atoms with Gasteiger partial charge in [-0.3, -0.25) is 14.4 Å². The quantitative estimate of drug-likeness (QED) is 0.205. The molecule has 4 rings (SSSR count). The number of carbonyl (C=O) groups is 4. The molecule has 3 atom stereocenters. The number of halogens is 3. The molecule has 0 spiro atoms. The van der Waals surface area contributed by atoms with Crippen molar-refractivity contribution in [2.45, 2.75) is 71.2 Å². The molecule has 0 radical (unpaired) electrons. The van der Waals surface area contributed by atoms with Gasteiger partial charge in [0, 0.05) is 27.5 Å². The number of carbonyl (C=O) groups excluding carboxylic acids is 4. The first-order chi connectivity index (χ1) is 20.7. The average molecular weight is 665 g/mol. The number of aromatic nitrogens is 1. The van der Waals surface area contributed by atoms with Crippen molar-refractivity contribution in [2.24, 2.45) is 17.6 Å². The van der Waals surface area contributed by atoms with E-state index in [4.69, 9.17) is 45.3 Å². The number of ether oxygens (including phenoxy) is 1. The number of nitrogens with one attached hydrogen (secondary N) is 4. The Morgan fingerprint density at radius 1 is 0.955 bits per heavy atom. The van der Waals surface area contributed by atoms with Crippen LogP contribution in [0.5, 0.6) is 0 Å². The molecule has 1 aliphatic carbocycles. The summed E-state index contributed by atoms with van der Waals surface area (Å²) in [6.45, 7) is 7.03. The minimum Gasteiger partial charge on any atom is -0.445 e. The molecule has 1 heterocycles. The van der Waals surface area contributed by atoms with Gasteiger partial charge in [0.2, 0.25) is 17.7 Å². The molecule has 2 aromatic carbocycles. The summed E-state index contributed by atoms with van der Waals surface area (Å²) in [5.74, 6) is -2.50. The minimum atomic E-state index is -1.49. The molecule has 1 aromatic heterocycles. The first kappa shape index (κ1) is 33.4. The molecule has 3 aromatic rings. The van der Waals surface area contributed by atoms with Gasteiger partial charge >= 0.3 is 6.09 Å². The molecule has 0 bridgehead atoms. The second-order valence-electron chi connectivity index (χ2n) is 11.8. The standard InChI is InChI=1S/C31H36Cl3N5O5/c1-15(2)24(27(35)40)37-29(42)31(10-9-23-21(13-31)20-11-19(33)12-22(34)26(20)36-23)39-28(41)25(16(3)4)38-30(43)44-14-17-5-7-18(32)8-6-17/h5-8,11-12,15-16,24-25,36H,9-10,13-14H2,1-4H3,(H2,35,40)(H,37,42)(H,38,43)(H,39,41)/t24-,25-,31+/m0/s1. The van der Waals surface area contributed by atoms with Crippen molar-refractivity contribution in [3.63, 3.8) is 0 Å². The van der Waals surface area contributed by atoms with Crippen LogP contribution >= 0.6 is 34.8 Å². The fourth-order valence-corrected chi connectivity index (χ4v) is 6.09. The summed E-state index contributed by atoms with van der Waals surface area (Å²) in [7, 11) is 0. The molecule has 44 heavy (non-hydrogen) atoms. The number of primary amides is 1. The molecule has 6 N–H and O–H groups in total. The van der Waals surface area contributed by atoms with Gasteiger partial charge in [-0.2, -0.15) is 0 Å². The number of nitrogens with two attached hydrogens (primary N) is 1. The van der Waals surface area contributed by atoms with E-state index >= 15 is 0 Å². The average Bonchev–Trinajstić information content (AvgIpc) is 3.31. The Bertz CT molecular complexity index is 1570. The third-order valence-electron chi connectivity index (χ3n) is 7.86. The first-order valence-electron chi connectivity index (χ1n) is 14.3. The van der Waals surface area contributed by atoms with Gasteiger partial charge in [0.1, 0.15) is 24.2 Å². The number of amides is 4. The number of hydrogen-bond donors (Lipinski definition) is 5.